The van der Waals surface area contributed by atoms with Crippen molar-refractivity contribution >= 4 is 11.3 Å². The van der Waals surface area contributed by atoms with Crippen LogP contribution >= 0.6 is 11.3 Å². The molecule has 0 spiro atoms. The van der Waals surface area contributed by atoms with Crippen LogP contribution in [-0.2, 0) is 17.8 Å². The van der Waals surface area contributed by atoms with Crippen molar-refractivity contribution < 1.29 is 4.74 Å². The minimum Gasteiger partial charge on any atom is -0.383 e. The molecule has 1 saturated carbocycles. The van der Waals surface area contributed by atoms with Gasteiger partial charge in [-0.3, -0.25) is 4.90 Å². The van der Waals surface area contributed by atoms with Crippen molar-refractivity contribution in [2.24, 2.45) is 5.92 Å². The number of hydrogen-bond acceptors (Lipinski definition) is 4. The molecule has 0 radical (unpaired) electrons. The molecule has 4 heteroatoms. The lowest BCUT2D eigenvalue weighted by Gasteiger charge is -2.28. The van der Waals surface area contributed by atoms with Crippen LogP contribution in [0.15, 0.2) is 12.1 Å². The van der Waals surface area contributed by atoms with Gasteiger partial charge in [0.1, 0.15) is 0 Å². The van der Waals surface area contributed by atoms with Crippen molar-refractivity contribution in [2.45, 2.75) is 45.8 Å². The molecular formula is C16H28N2OS. The third-order valence-corrected chi connectivity index (χ3v) is 5.16. The van der Waals surface area contributed by atoms with Crippen LogP contribution in [-0.4, -0.2) is 37.7 Å². The molecule has 1 unspecified atom stereocenters. The first kappa shape index (κ1) is 16.0. The number of hydrogen-bond donors (Lipinski definition) is 1. The molecule has 1 aromatic rings. The molecule has 1 aromatic heterocycles. The smallest absolute Gasteiger partial charge is 0.0589 e. The van der Waals surface area contributed by atoms with E-state index in [1.54, 1.807) is 7.11 Å². The first-order chi connectivity index (χ1) is 9.74. The van der Waals surface area contributed by atoms with Gasteiger partial charge in [0.15, 0.2) is 0 Å². The van der Waals surface area contributed by atoms with E-state index in [0.717, 1.165) is 38.7 Å². The summed E-state index contributed by atoms with van der Waals surface area (Å²) in [5.74, 6) is 0.910. The average molecular weight is 296 g/mol. The van der Waals surface area contributed by atoms with Crippen molar-refractivity contribution in [3.63, 3.8) is 0 Å². The molecule has 0 saturated heterocycles. The summed E-state index contributed by atoms with van der Waals surface area (Å²) < 4.78 is 5.27. The Balaban J connectivity index is 1.90. The van der Waals surface area contributed by atoms with Crippen LogP contribution in [0.1, 0.15) is 36.4 Å². The van der Waals surface area contributed by atoms with Crippen LogP contribution in [0.4, 0.5) is 0 Å². The molecule has 2 rings (SSSR count). The van der Waals surface area contributed by atoms with E-state index in [2.05, 4.69) is 36.2 Å². The predicted octanol–water partition coefficient (Wildman–Crippen LogP) is 3.10. The van der Waals surface area contributed by atoms with E-state index in [-0.39, 0.29) is 0 Å². The Hall–Kier alpha value is -0.420. The van der Waals surface area contributed by atoms with E-state index in [9.17, 15) is 0 Å². The van der Waals surface area contributed by atoms with E-state index >= 15 is 0 Å². The summed E-state index contributed by atoms with van der Waals surface area (Å²) >= 11 is 1.94. The highest BCUT2D eigenvalue weighted by Crippen LogP contribution is 2.35. The number of rotatable bonds is 10. The molecule has 0 aromatic carbocycles. The summed E-state index contributed by atoms with van der Waals surface area (Å²) in [5, 5.41) is 3.39. The highest BCUT2D eigenvalue weighted by molar-refractivity contribution is 7.11. The summed E-state index contributed by atoms with van der Waals surface area (Å²) in [5.41, 5.74) is 0. The van der Waals surface area contributed by atoms with Crippen LogP contribution in [0.25, 0.3) is 0 Å². The first-order valence-corrected chi connectivity index (χ1v) is 8.57. The largest absolute Gasteiger partial charge is 0.383 e. The summed E-state index contributed by atoms with van der Waals surface area (Å²) in [6, 6.07) is 5.24. The third-order valence-electron chi connectivity index (χ3n) is 4.09. The van der Waals surface area contributed by atoms with Gasteiger partial charge in [-0.2, -0.15) is 0 Å². The molecule has 1 atom stereocenters. The zero-order valence-electron chi connectivity index (χ0n) is 13.0. The first-order valence-electron chi connectivity index (χ1n) is 7.76. The molecule has 0 amide bonds. The van der Waals surface area contributed by atoms with E-state index in [0.29, 0.717) is 6.04 Å². The molecule has 1 aliphatic carbocycles. The lowest BCUT2D eigenvalue weighted by molar-refractivity contribution is 0.112. The SMILES string of the molecule is CCNCc1ccc(CN(CCOC)C(C)C2CC2)s1. The lowest BCUT2D eigenvalue weighted by atomic mass is 10.2. The summed E-state index contributed by atoms with van der Waals surface area (Å²) in [7, 11) is 1.79. The molecule has 1 N–H and O–H groups in total. The number of ether oxygens (including phenoxy) is 1. The Bertz CT molecular complexity index is 390. The number of methoxy groups -OCH3 is 1. The van der Waals surface area contributed by atoms with Crippen LogP contribution in [0.3, 0.4) is 0 Å². The maximum Gasteiger partial charge on any atom is 0.0589 e. The fourth-order valence-electron chi connectivity index (χ4n) is 2.56. The molecular weight excluding hydrogens is 268 g/mol. The molecule has 114 valence electrons. The quantitative estimate of drug-likeness (QED) is 0.718. The zero-order chi connectivity index (χ0) is 14.4. The van der Waals surface area contributed by atoms with Gasteiger partial charge in [0.25, 0.3) is 0 Å². The van der Waals surface area contributed by atoms with Crippen molar-refractivity contribution in [1.82, 2.24) is 10.2 Å². The lowest BCUT2D eigenvalue weighted by Crippen LogP contribution is -2.36. The Labute approximate surface area is 127 Å². The van der Waals surface area contributed by atoms with Gasteiger partial charge in [-0.05, 0) is 44.4 Å². The van der Waals surface area contributed by atoms with Crippen LogP contribution in [0.5, 0.6) is 0 Å². The second kappa shape index (κ2) is 8.13. The van der Waals surface area contributed by atoms with Gasteiger partial charge in [-0.15, -0.1) is 11.3 Å². The normalized spacial score (nSPS) is 16.8. The Kier molecular flexibility index (Phi) is 6.49. The van der Waals surface area contributed by atoms with Crippen LogP contribution in [0, 0.1) is 5.92 Å². The van der Waals surface area contributed by atoms with Gasteiger partial charge in [-0.25, -0.2) is 0 Å². The van der Waals surface area contributed by atoms with E-state index < -0.39 is 0 Å². The maximum absolute atomic E-state index is 5.27. The number of thiophene rings is 1. The minimum absolute atomic E-state index is 0.685. The highest BCUT2D eigenvalue weighted by atomic mass is 32.1. The second-order valence-corrected chi connectivity index (χ2v) is 6.94. The fraction of sp³-hybridized carbons (Fsp3) is 0.750. The summed E-state index contributed by atoms with van der Waals surface area (Å²) in [6.45, 7) is 9.49. The molecule has 20 heavy (non-hydrogen) atoms. The number of nitrogens with zero attached hydrogens (tertiary/aromatic N) is 1. The van der Waals surface area contributed by atoms with Crippen LogP contribution in [0.2, 0.25) is 0 Å². The van der Waals surface area contributed by atoms with Crippen molar-refractivity contribution in [2.75, 3.05) is 26.8 Å². The van der Waals surface area contributed by atoms with Crippen molar-refractivity contribution in [1.29, 1.82) is 0 Å². The molecule has 0 aliphatic heterocycles. The summed E-state index contributed by atoms with van der Waals surface area (Å²) in [6.07, 6.45) is 2.81. The van der Waals surface area contributed by atoms with Gasteiger partial charge in [0.05, 0.1) is 6.61 Å². The van der Waals surface area contributed by atoms with E-state index in [1.165, 1.54) is 22.6 Å². The van der Waals surface area contributed by atoms with Crippen molar-refractivity contribution in [3.8, 4) is 0 Å². The third kappa shape index (κ3) is 4.85. The average Bonchev–Trinajstić information content (AvgIpc) is 3.21. The Morgan fingerprint density at radius 2 is 2.15 bits per heavy atom. The van der Waals surface area contributed by atoms with Gasteiger partial charge < -0.3 is 10.1 Å². The highest BCUT2D eigenvalue weighted by Gasteiger charge is 2.31. The predicted molar refractivity (Wildman–Crippen MR) is 86.2 cm³/mol. The molecule has 1 heterocycles. The van der Waals surface area contributed by atoms with Gasteiger partial charge >= 0.3 is 0 Å². The molecule has 3 nitrogen and oxygen atoms in total. The minimum atomic E-state index is 0.685. The van der Waals surface area contributed by atoms with Gasteiger partial charge in [0.2, 0.25) is 0 Å². The van der Waals surface area contributed by atoms with E-state index in [1.807, 2.05) is 11.3 Å². The fourth-order valence-corrected chi connectivity index (χ4v) is 3.58. The molecule has 0 bridgehead atoms. The molecule has 1 fully saturated rings. The maximum atomic E-state index is 5.27. The van der Waals surface area contributed by atoms with Gasteiger partial charge in [-0.1, -0.05) is 6.92 Å². The topological polar surface area (TPSA) is 24.5 Å². The van der Waals surface area contributed by atoms with Crippen molar-refractivity contribution in [3.05, 3.63) is 21.9 Å². The standard InChI is InChI=1S/C16H28N2OS/c1-4-17-11-15-7-8-16(20-15)12-18(9-10-19-3)13(2)14-5-6-14/h7-8,13-14,17H,4-6,9-12H2,1-3H3. The van der Waals surface area contributed by atoms with Crippen LogP contribution < -0.4 is 5.32 Å². The zero-order valence-corrected chi connectivity index (χ0v) is 13.8. The second-order valence-electron chi connectivity index (χ2n) is 5.69. The van der Waals surface area contributed by atoms with E-state index in [4.69, 9.17) is 4.74 Å². The number of nitrogens with one attached hydrogen (secondary N) is 1. The van der Waals surface area contributed by atoms with Gasteiger partial charge in [0, 0.05) is 42.5 Å². The Morgan fingerprint density at radius 3 is 2.80 bits per heavy atom. The monoisotopic (exact) mass is 296 g/mol. The molecule has 1 aliphatic rings. The summed E-state index contributed by atoms with van der Waals surface area (Å²) in [4.78, 5) is 5.50. The Morgan fingerprint density at radius 1 is 1.40 bits per heavy atom.